The molecule has 3 heteroatoms. The molecule has 0 bridgehead atoms. The van der Waals surface area contributed by atoms with Crippen molar-refractivity contribution in [2.75, 3.05) is 18.8 Å². The molecule has 0 aromatic heterocycles. The van der Waals surface area contributed by atoms with Gasteiger partial charge in [-0.1, -0.05) is 23.8 Å². The Labute approximate surface area is 95.6 Å². The van der Waals surface area contributed by atoms with Crippen LogP contribution < -0.4 is 5.73 Å². The molecule has 16 heavy (non-hydrogen) atoms. The molecular weight excluding hydrogens is 200 g/mol. The summed E-state index contributed by atoms with van der Waals surface area (Å²) in [5.41, 5.74) is 8.21. The number of benzene rings is 1. The Morgan fingerprint density at radius 3 is 2.81 bits per heavy atom. The van der Waals surface area contributed by atoms with Crippen LogP contribution in [0.5, 0.6) is 0 Å². The van der Waals surface area contributed by atoms with Crippen LogP contribution in [-0.4, -0.2) is 23.9 Å². The minimum absolute atomic E-state index is 0.0329. The summed E-state index contributed by atoms with van der Waals surface area (Å²) in [5.74, 6) is 0.0329. The van der Waals surface area contributed by atoms with Gasteiger partial charge in [0.05, 0.1) is 5.56 Å². The average molecular weight is 216 g/mol. The first kappa shape index (κ1) is 10.7. The van der Waals surface area contributed by atoms with Crippen molar-refractivity contribution in [1.82, 2.24) is 4.90 Å². The van der Waals surface area contributed by atoms with Gasteiger partial charge in [0.15, 0.2) is 0 Å². The highest BCUT2D eigenvalue weighted by Crippen LogP contribution is 2.17. The maximum absolute atomic E-state index is 12.2. The third-order valence-electron chi connectivity index (χ3n) is 2.81. The number of hydrogen-bond donors (Lipinski definition) is 1. The predicted octanol–water partition coefficient (Wildman–Crippen LogP) is 2.06. The van der Waals surface area contributed by atoms with E-state index in [9.17, 15) is 4.79 Å². The molecule has 3 nitrogen and oxygen atoms in total. The summed E-state index contributed by atoms with van der Waals surface area (Å²) in [7, 11) is 0. The smallest absolute Gasteiger partial charge is 0.256 e. The van der Waals surface area contributed by atoms with Gasteiger partial charge in [0.2, 0.25) is 0 Å². The first-order chi connectivity index (χ1) is 7.68. The van der Waals surface area contributed by atoms with Crippen LogP contribution in [0.4, 0.5) is 5.69 Å². The van der Waals surface area contributed by atoms with Crippen molar-refractivity contribution >= 4 is 11.6 Å². The van der Waals surface area contributed by atoms with E-state index in [0.29, 0.717) is 17.8 Å². The molecule has 1 heterocycles. The number of amides is 1. The lowest BCUT2D eigenvalue weighted by Crippen LogP contribution is -2.35. The molecule has 1 amide bonds. The Bertz CT molecular complexity index is 437. The predicted molar refractivity (Wildman–Crippen MR) is 65.1 cm³/mol. The normalized spacial score (nSPS) is 15.8. The minimum Gasteiger partial charge on any atom is -0.398 e. The lowest BCUT2D eigenvalue weighted by atomic mass is 10.1. The number of hydrogen-bond acceptors (Lipinski definition) is 2. The van der Waals surface area contributed by atoms with E-state index in [4.69, 9.17) is 5.73 Å². The largest absolute Gasteiger partial charge is 0.398 e. The number of carbonyl (C=O) groups is 1. The van der Waals surface area contributed by atoms with Crippen LogP contribution in [0.15, 0.2) is 35.9 Å². The van der Waals surface area contributed by atoms with Crippen LogP contribution in [0, 0.1) is 0 Å². The Hall–Kier alpha value is -1.77. The number of anilines is 1. The SMILES string of the molecule is CC1=CCCN(C(=O)c2ccccc2N)C1. The molecule has 0 saturated carbocycles. The lowest BCUT2D eigenvalue weighted by Gasteiger charge is -2.26. The van der Waals surface area contributed by atoms with Crippen molar-refractivity contribution in [2.45, 2.75) is 13.3 Å². The highest BCUT2D eigenvalue weighted by molar-refractivity contribution is 5.99. The molecule has 1 aromatic rings. The van der Waals surface area contributed by atoms with Gasteiger partial charge < -0.3 is 10.6 Å². The summed E-state index contributed by atoms with van der Waals surface area (Å²) in [6.07, 6.45) is 3.11. The molecule has 0 spiro atoms. The van der Waals surface area contributed by atoms with Gasteiger partial charge in [0.1, 0.15) is 0 Å². The van der Waals surface area contributed by atoms with E-state index in [-0.39, 0.29) is 5.91 Å². The molecule has 1 aromatic carbocycles. The second kappa shape index (κ2) is 4.39. The topological polar surface area (TPSA) is 46.3 Å². The summed E-state index contributed by atoms with van der Waals surface area (Å²) in [6.45, 7) is 3.55. The van der Waals surface area contributed by atoms with E-state index in [0.717, 1.165) is 13.0 Å². The van der Waals surface area contributed by atoms with Gasteiger partial charge in [-0.05, 0) is 25.5 Å². The summed E-state index contributed by atoms with van der Waals surface area (Å²) < 4.78 is 0. The van der Waals surface area contributed by atoms with Crippen molar-refractivity contribution in [1.29, 1.82) is 0 Å². The molecule has 0 atom stereocenters. The Balaban J connectivity index is 2.20. The standard InChI is InChI=1S/C13H16N2O/c1-10-5-4-8-15(9-10)13(16)11-6-2-3-7-12(11)14/h2-3,5-7H,4,8-9,14H2,1H3. The monoisotopic (exact) mass is 216 g/mol. The van der Waals surface area contributed by atoms with Crippen molar-refractivity contribution in [3.63, 3.8) is 0 Å². The maximum atomic E-state index is 12.2. The fraction of sp³-hybridized carbons (Fsp3) is 0.308. The van der Waals surface area contributed by atoms with Crippen LogP contribution in [-0.2, 0) is 0 Å². The van der Waals surface area contributed by atoms with E-state index < -0.39 is 0 Å². The van der Waals surface area contributed by atoms with Crippen LogP contribution in [0.1, 0.15) is 23.7 Å². The van der Waals surface area contributed by atoms with E-state index in [1.165, 1.54) is 5.57 Å². The highest BCUT2D eigenvalue weighted by Gasteiger charge is 2.19. The highest BCUT2D eigenvalue weighted by atomic mass is 16.2. The third kappa shape index (κ3) is 2.08. The summed E-state index contributed by atoms with van der Waals surface area (Å²) in [6, 6.07) is 7.23. The van der Waals surface area contributed by atoms with E-state index in [1.807, 2.05) is 24.0 Å². The third-order valence-corrected chi connectivity index (χ3v) is 2.81. The quantitative estimate of drug-likeness (QED) is 0.577. The van der Waals surface area contributed by atoms with Gasteiger partial charge in [-0.15, -0.1) is 0 Å². The Morgan fingerprint density at radius 2 is 2.12 bits per heavy atom. The number of para-hydroxylation sites is 1. The lowest BCUT2D eigenvalue weighted by molar-refractivity contribution is 0.0767. The van der Waals surface area contributed by atoms with Gasteiger partial charge in [0.25, 0.3) is 5.91 Å². The number of nitrogen functional groups attached to an aromatic ring is 1. The molecule has 2 rings (SSSR count). The molecule has 1 aliphatic rings. The fourth-order valence-corrected chi connectivity index (χ4v) is 1.95. The number of nitrogens with zero attached hydrogens (tertiary/aromatic N) is 1. The van der Waals surface area contributed by atoms with E-state index in [1.54, 1.807) is 12.1 Å². The summed E-state index contributed by atoms with van der Waals surface area (Å²) in [4.78, 5) is 14.0. The Kier molecular flexibility index (Phi) is 2.95. The Morgan fingerprint density at radius 1 is 1.38 bits per heavy atom. The first-order valence-electron chi connectivity index (χ1n) is 5.48. The molecule has 0 radical (unpaired) electrons. The zero-order valence-electron chi connectivity index (χ0n) is 9.44. The van der Waals surface area contributed by atoms with Crippen molar-refractivity contribution < 1.29 is 4.79 Å². The van der Waals surface area contributed by atoms with Gasteiger partial charge in [0, 0.05) is 18.8 Å². The van der Waals surface area contributed by atoms with Crippen LogP contribution in [0.2, 0.25) is 0 Å². The molecule has 1 aliphatic heterocycles. The maximum Gasteiger partial charge on any atom is 0.256 e. The van der Waals surface area contributed by atoms with Gasteiger partial charge in [-0.3, -0.25) is 4.79 Å². The zero-order chi connectivity index (χ0) is 11.5. The van der Waals surface area contributed by atoms with Crippen LogP contribution in [0.3, 0.4) is 0 Å². The van der Waals surface area contributed by atoms with Crippen molar-refractivity contribution in [3.8, 4) is 0 Å². The van der Waals surface area contributed by atoms with Gasteiger partial charge in [-0.25, -0.2) is 0 Å². The fourth-order valence-electron chi connectivity index (χ4n) is 1.95. The summed E-state index contributed by atoms with van der Waals surface area (Å²) in [5, 5.41) is 0. The molecule has 0 saturated heterocycles. The second-order valence-corrected chi connectivity index (χ2v) is 4.15. The van der Waals surface area contributed by atoms with Crippen molar-refractivity contribution in [3.05, 3.63) is 41.5 Å². The van der Waals surface area contributed by atoms with Crippen molar-refractivity contribution in [2.24, 2.45) is 0 Å². The number of nitrogens with two attached hydrogens (primary N) is 1. The first-order valence-corrected chi connectivity index (χ1v) is 5.48. The summed E-state index contributed by atoms with van der Waals surface area (Å²) >= 11 is 0. The average Bonchev–Trinajstić information content (AvgIpc) is 2.29. The molecular formula is C13H16N2O. The molecule has 0 unspecified atom stereocenters. The van der Waals surface area contributed by atoms with Crippen LogP contribution >= 0.6 is 0 Å². The van der Waals surface area contributed by atoms with Crippen LogP contribution in [0.25, 0.3) is 0 Å². The second-order valence-electron chi connectivity index (χ2n) is 4.15. The molecule has 2 N–H and O–H groups in total. The van der Waals surface area contributed by atoms with E-state index in [2.05, 4.69) is 6.08 Å². The molecule has 0 fully saturated rings. The minimum atomic E-state index is 0.0329. The van der Waals surface area contributed by atoms with Gasteiger partial charge in [-0.2, -0.15) is 0 Å². The van der Waals surface area contributed by atoms with E-state index >= 15 is 0 Å². The number of carbonyl (C=O) groups excluding carboxylic acids is 1. The molecule has 0 aliphatic carbocycles. The zero-order valence-corrected chi connectivity index (χ0v) is 9.44. The van der Waals surface area contributed by atoms with Gasteiger partial charge >= 0.3 is 0 Å². The number of rotatable bonds is 1. The molecule has 84 valence electrons.